The lowest BCUT2D eigenvalue weighted by molar-refractivity contribution is -0.131. The fourth-order valence-electron chi connectivity index (χ4n) is 1.66. The summed E-state index contributed by atoms with van der Waals surface area (Å²) in [6, 6.07) is 12.4. The van der Waals surface area contributed by atoms with Crippen molar-refractivity contribution in [1.82, 2.24) is 0 Å². The van der Waals surface area contributed by atoms with Crippen LogP contribution in [0.2, 0.25) is 10.0 Å². The topological polar surface area (TPSA) is 46.5 Å². The predicted octanol–water partition coefficient (Wildman–Crippen LogP) is 4.67. The molecule has 5 heteroatoms. The van der Waals surface area contributed by atoms with Crippen molar-refractivity contribution in [3.63, 3.8) is 0 Å². The Morgan fingerprint density at radius 1 is 1.14 bits per heavy atom. The number of aliphatic carboxylic acids is 1. The van der Waals surface area contributed by atoms with Gasteiger partial charge in [0.15, 0.2) is 0 Å². The fraction of sp³-hybridized carbons (Fsp3) is 0.0625. The van der Waals surface area contributed by atoms with Gasteiger partial charge in [0, 0.05) is 11.6 Å². The number of benzene rings is 2. The minimum Gasteiger partial charge on any atom is -0.489 e. The molecule has 108 valence electrons. The minimum absolute atomic E-state index is 0.309. The van der Waals surface area contributed by atoms with E-state index in [1.807, 2.05) is 12.1 Å². The van der Waals surface area contributed by atoms with Crippen LogP contribution in [-0.2, 0) is 11.4 Å². The molecule has 0 saturated heterocycles. The highest BCUT2D eigenvalue weighted by atomic mass is 35.5. The molecule has 0 heterocycles. The number of carbonyl (C=O) groups is 1. The van der Waals surface area contributed by atoms with Crippen molar-refractivity contribution in [2.45, 2.75) is 6.61 Å². The van der Waals surface area contributed by atoms with Gasteiger partial charge < -0.3 is 9.84 Å². The smallest absolute Gasteiger partial charge is 0.328 e. The van der Waals surface area contributed by atoms with Gasteiger partial charge in [-0.3, -0.25) is 0 Å². The second kappa shape index (κ2) is 7.16. The average molecular weight is 323 g/mol. The normalized spacial score (nSPS) is 10.8. The number of ether oxygens (including phenoxy) is 1. The first-order valence-electron chi connectivity index (χ1n) is 6.13. The van der Waals surface area contributed by atoms with Crippen LogP contribution >= 0.6 is 23.2 Å². The lowest BCUT2D eigenvalue weighted by atomic mass is 10.2. The Morgan fingerprint density at radius 2 is 1.86 bits per heavy atom. The van der Waals surface area contributed by atoms with Gasteiger partial charge in [-0.25, -0.2) is 4.79 Å². The summed E-state index contributed by atoms with van der Waals surface area (Å²) in [5, 5.41) is 9.53. The van der Waals surface area contributed by atoms with E-state index in [-0.39, 0.29) is 0 Å². The molecular formula is C16H12Cl2O3. The maximum absolute atomic E-state index is 10.4. The first-order chi connectivity index (χ1) is 10.1. The highest BCUT2D eigenvalue weighted by Gasteiger charge is 2.05. The average Bonchev–Trinajstić information content (AvgIpc) is 2.48. The summed E-state index contributed by atoms with van der Waals surface area (Å²) in [6.07, 6.45) is 2.60. The number of carboxylic acids is 1. The van der Waals surface area contributed by atoms with E-state index in [1.54, 1.807) is 30.3 Å². The molecule has 1 N–H and O–H groups in total. The lowest BCUT2D eigenvalue weighted by Crippen LogP contribution is -1.96. The number of carboxylic acid groups (broad SMARTS) is 1. The van der Waals surface area contributed by atoms with E-state index in [0.717, 1.165) is 17.2 Å². The summed E-state index contributed by atoms with van der Waals surface area (Å²) >= 11 is 12.0. The number of halogens is 2. The zero-order valence-corrected chi connectivity index (χ0v) is 12.4. The summed E-state index contributed by atoms with van der Waals surface area (Å²) < 4.78 is 5.62. The van der Waals surface area contributed by atoms with Gasteiger partial charge in [0.2, 0.25) is 0 Å². The molecule has 0 aromatic heterocycles. The van der Waals surface area contributed by atoms with Crippen molar-refractivity contribution >= 4 is 35.2 Å². The van der Waals surface area contributed by atoms with Crippen molar-refractivity contribution < 1.29 is 14.6 Å². The van der Waals surface area contributed by atoms with E-state index in [0.29, 0.717) is 22.4 Å². The van der Waals surface area contributed by atoms with Crippen molar-refractivity contribution in [1.29, 1.82) is 0 Å². The standard InChI is InChI=1S/C16H12Cl2O3/c17-14-3-1-2-12(16(14)18)10-21-13-7-4-11(5-8-13)6-9-15(19)20/h1-9H,10H2,(H,19,20)/b9-6+. The monoisotopic (exact) mass is 322 g/mol. The molecule has 0 unspecified atom stereocenters. The molecule has 0 radical (unpaired) electrons. The maximum atomic E-state index is 10.4. The lowest BCUT2D eigenvalue weighted by Gasteiger charge is -2.08. The Hall–Kier alpha value is -1.97. The fourth-order valence-corrected chi connectivity index (χ4v) is 2.04. The number of rotatable bonds is 5. The van der Waals surface area contributed by atoms with E-state index >= 15 is 0 Å². The van der Waals surface area contributed by atoms with Crippen LogP contribution in [0.4, 0.5) is 0 Å². The van der Waals surface area contributed by atoms with Gasteiger partial charge in [0.05, 0.1) is 10.0 Å². The molecule has 2 aromatic rings. The maximum Gasteiger partial charge on any atom is 0.328 e. The zero-order chi connectivity index (χ0) is 15.2. The van der Waals surface area contributed by atoms with Crippen LogP contribution in [0.3, 0.4) is 0 Å². The molecule has 0 atom stereocenters. The van der Waals surface area contributed by atoms with Gasteiger partial charge in [0.1, 0.15) is 12.4 Å². The first-order valence-corrected chi connectivity index (χ1v) is 6.88. The van der Waals surface area contributed by atoms with Gasteiger partial charge in [-0.1, -0.05) is 47.5 Å². The van der Waals surface area contributed by atoms with Crippen molar-refractivity contribution in [3.05, 3.63) is 69.7 Å². The highest BCUT2D eigenvalue weighted by molar-refractivity contribution is 6.42. The van der Waals surface area contributed by atoms with Crippen molar-refractivity contribution in [3.8, 4) is 5.75 Å². The quantitative estimate of drug-likeness (QED) is 0.813. The van der Waals surface area contributed by atoms with Gasteiger partial charge in [-0.15, -0.1) is 0 Å². The molecule has 0 spiro atoms. The molecule has 0 fully saturated rings. The van der Waals surface area contributed by atoms with Crippen LogP contribution in [0.25, 0.3) is 6.08 Å². The van der Waals surface area contributed by atoms with E-state index in [2.05, 4.69) is 0 Å². The van der Waals surface area contributed by atoms with Crippen molar-refractivity contribution in [2.24, 2.45) is 0 Å². The zero-order valence-electron chi connectivity index (χ0n) is 10.9. The first kappa shape index (κ1) is 15.4. The Labute approximate surface area is 132 Å². The highest BCUT2D eigenvalue weighted by Crippen LogP contribution is 2.26. The number of hydrogen-bond donors (Lipinski definition) is 1. The number of hydrogen-bond acceptors (Lipinski definition) is 2. The summed E-state index contributed by atoms with van der Waals surface area (Å²) in [6.45, 7) is 0.309. The molecule has 0 bridgehead atoms. The van der Waals surface area contributed by atoms with Crippen molar-refractivity contribution in [2.75, 3.05) is 0 Å². The Bertz CT molecular complexity index is 664. The Morgan fingerprint density at radius 3 is 2.52 bits per heavy atom. The molecule has 0 saturated carbocycles. The van der Waals surface area contributed by atoms with Crippen LogP contribution < -0.4 is 4.74 Å². The van der Waals surface area contributed by atoms with Gasteiger partial charge in [-0.2, -0.15) is 0 Å². The van der Waals surface area contributed by atoms with Gasteiger partial charge >= 0.3 is 5.97 Å². The molecule has 21 heavy (non-hydrogen) atoms. The molecule has 3 nitrogen and oxygen atoms in total. The summed E-state index contributed by atoms with van der Waals surface area (Å²) in [5.74, 6) is -0.315. The van der Waals surface area contributed by atoms with E-state index < -0.39 is 5.97 Å². The Balaban J connectivity index is 2.01. The summed E-state index contributed by atoms with van der Waals surface area (Å²) in [4.78, 5) is 10.4. The molecule has 0 amide bonds. The van der Waals surface area contributed by atoms with E-state index in [4.69, 9.17) is 33.0 Å². The molecule has 2 aromatic carbocycles. The molecule has 0 aliphatic rings. The predicted molar refractivity (Wildman–Crippen MR) is 83.9 cm³/mol. The van der Waals surface area contributed by atoms with Crippen LogP contribution in [0.1, 0.15) is 11.1 Å². The summed E-state index contributed by atoms with van der Waals surface area (Å²) in [7, 11) is 0. The minimum atomic E-state index is -0.981. The SMILES string of the molecule is O=C(O)/C=C/c1ccc(OCc2cccc(Cl)c2Cl)cc1. The van der Waals surface area contributed by atoms with Crippen LogP contribution in [-0.4, -0.2) is 11.1 Å². The van der Waals surface area contributed by atoms with Gasteiger partial charge in [-0.05, 0) is 29.8 Å². The largest absolute Gasteiger partial charge is 0.489 e. The third-order valence-corrected chi connectivity index (χ3v) is 3.58. The second-order valence-electron chi connectivity index (χ2n) is 4.24. The molecule has 2 rings (SSSR count). The van der Waals surface area contributed by atoms with Crippen LogP contribution in [0, 0.1) is 0 Å². The van der Waals surface area contributed by atoms with E-state index in [9.17, 15) is 4.79 Å². The molecule has 0 aliphatic carbocycles. The Kier molecular flexibility index (Phi) is 5.26. The third-order valence-electron chi connectivity index (χ3n) is 2.72. The molecule has 0 aliphatic heterocycles. The molecular weight excluding hydrogens is 311 g/mol. The van der Waals surface area contributed by atoms with Crippen LogP contribution in [0.5, 0.6) is 5.75 Å². The van der Waals surface area contributed by atoms with Gasteiger partial charge in [0.25, 0.3) is 0 Å². The summed E-state index contributed by atoms with van der Waals surface area (Å²) in [5.41, 5.74) is 1.59. The van der Waals surface area contributed by atoms with E-state index in [1.165, 1.54) is 6.08 Å². The van der Waals surface area contributed by atoms with Crippen LogP contribution in [0.15, 0.2) is 48.5 Å². The second-order valence-corrected chi connectivity index (χ2v) is 5.03. The third kappa shape index (κ3) is 4.52.